The van der Waals surface area contributed by atoms with Gasteiger partial charge in [0, 0.05) is 25.0 Å². The number of rotatable bonds is 6. The molecule has 0 aromatic rings. The highest BCUT2D eigenvalue weighted by Crippen LogP contribution is 2.32. The molecule has 0 saturated heterocycles. The van der Waals surface area contributed by atoms with E-state index in [4.69, 9.17) is 5.73 Å². The predicted octanol–water partition coefficient (Wildman–Crippen LogP) is 1.91. The van der Waals surface area contributed by atoms with Crippen LogP contribution in [0.1, 0.15) is 52.4 Å². The lowest BCUT2D eigenvalue weighted by atomic mass is 9.75. The molecule has 0 heterocycles. The molecule has 0 aromatic heterocycles. The molecule has 0 aromatic carbocycles. The van der Waals surface area contributed by atoms with Crippen LogP contribution in [0.2, 0.25) is 0 Å². The number of hydrogen-bond acceptors (Lipinski definition) is 2. The molecule has 1 amide bonds. The molecule has 0 atom stereocenters. The van der Waals surface area contributed by atoms with E-state index in [2.05, 4.69) is 6.92 Å². The van der Waals surface area contributed by atoms with Crippen molar-refractivity contribution in [2.24, 2.45) is 5.73 Å². The summed E-state index contributed by atoms with van der Waals surface area (Å²) in [6.07, 6.45) is 6.00. The first-order chi connectivity index (χ1) is 7.11. The molecule has 3 heteroatoms. The molecule has 3 nitrogen and oxygen atoms in total. The van der Waals surface area contributed by atoms with Gasteiger partial charge in [-0.1, -0.05) is 13.3 Å². The molecule has 2 N–H and O–H groups in total. The van der Waals surface area contributed by atoms with E-state index in [9.17, 15) is 4.79 Å². The molecule has 1 rings (SSSR count). The third-order valence-electron chi connectivity index (χ3n) is 3.37. The van der Waals surface area contributed by atoms with Gasteiger partial charge in [0.15, 0.2) is 0 Å². The van der Waals surface area contributed by atoms with Gasteiger partial charge < -0.3 is 10.6 Å². The SMILES string of the molecule is CCCCN(CC)C(=O)CC1(N)CCC1. The maximum atomic E-state index is 11.9. The van der Waals surface area contributed by atoms with Crippen molar-refractivity contribution in [1.29, 1.82) is 0 Å². The van der Waals surface area contributed by atoms with Crippen LogP contribution < -0.4 is 5.73 Å². The fourth-order valence-electron chi connectivity index (χ4n) is 2.03. The molecular formula is C12H24N2O. The second-order valence-electron chi connectivity index (χ2n) is 4.72. The van der Waals surface area contributed by atoms with Gasteiger partial charge in [-0.3, -0.25) is 4.79 Å². The standard InChI is InChI=1S/C12H24N2O/c1-3-5-9-14(4-2)11(15)10-12(13)7-6-8-12/h3-10,13H2,1-2H3. The number of unbranched alkanes of at least 4 members (excludes halogenated alkanes) is 1. The van der Waals surface area contributed by atoms with Crippen LogP contribution in [0.5, 0.6) is 0 Å². The van der Waals surface area contributed by atoms with Gasteiger partial charge in [-0.05, 0) is 32.6 Å². The highest BCUT2D eigenvalue weighted by atomic mass is 16.2. The summed E-state index contributed by atoms with van der Waals surface area (Å²) in [6.45, 7) is 5.89. The summed E-state index contributed by atoms with van der Waals surface area (Å²) in [5, 5.41) is 0. The smallest absolute Gasteiger partial charge is 0.224 e. The normalized spacial score (nSPS) is 18.3. The fraction of sp³-hybridized carbons (Fsp3) is 0.917. The number of carbonyl (C=O) groups excluding carboxylic acids is 1. The zero-order valence-corrected chi connectivity index (χ0v) is 10.1. The minimum absolute atomic E-state index is 0.170. The maximum absolute atomic E-state index is 11.9. The molecule has 1 aliphatic rings. The van der Waals surface area contributed by atoms with Crippen molar-refractivity contribution in [2.45, 2.75) is 57.9 Å². The van der Waals surface area contributed by atoms with Crippen LogP contribution in [-0.4, -0.2) is 29.4 Å². The van der Waals surface area contributed by atoms with E-state index >= 15 is 0 Å². The summed E-state index contributed by atoms with van der Waals surface area (Å²) in [5.41, 5.74) is 5.91. The van der Waals surface area contributed by atoms with E-state index in [1.165, 1.54) is 6.42 Å². The van der Waals surface area contributed by atoms with E-state index in [-0.39, 0.29) is 11.4 Å². The third kappa shape index (κ3) is 3.49. The van der Waals surface area contributed by atoms with Crippen molar-refractivity contribution in [2.75, 3.05) is 13.1 Å². The zero-order chi connectivity index (χ0) is 11.3. The van der Waals surface area contributed by atoms with Gasteiger partial charge in [-0.2, -0.15) is 0 Å². The van der Waals surface area contributed by atoms with E-state index in [1.807, 2.05) is 11.8 Å². The lowest BCUT2D eigenvalue weighted by Crippen LogP contribution is -2.50. The van der Waals surface area contributed by atoms with E-state index in [0.29, 0.717) is 6.42 Å². The average Bonchev–Trinajstić information content (AvgIpc) is 2.16. The van der Waals surface area contributed by atoms with Crippen LogP contribution in [0.25, 0.3) is 0 Å². The van der Waals surface area contributed by atoms with Crippen LogP contribution in [0, 0.1) is 0 Å². The Kier molecular flexibility index (Phi) is 4.58. The fourth-order valence-corrected chi connectivity index (χ4v) is 2.03. The Bertz CT molecular complexity index is 212. The third-order valence-corrected chi connectivity index (χ3v) is 3.37. The molecular weight excluding hydrogens is 188 g/mol. The first-order valence-corrected chi connectivity index (χ1v) is 6.18. The van der Waals surface area contributed by atoms with E-state index in [1.54, 1.807) is 0 Å². The molecule has 0 aliphatic heterocycles. The molecule has 0 unspecified atom stereocenters. The number of carbonyl (C=O) groups is 1. The molecule has 0 radical (unpaired) electrons. The summed E-state index contributed by atoms with van der Waals surface area (Å²) >= 11 is 0. The summed E-state index contributed by atoms with van der Waals surface area (Å²) < 4.78 is 0. The Balaban J connectivity index is 2.35. The van der Waals surface area contributed by atoms with Gasteiger partial charge in [-0.25, -0.2) is 0 Å². The summed E-state index contributed by atoms with van der Waals surface area (Å²) in [6, 6.07) is 0. The maximum Gasteiger partial charge on any atom is 0.224 e. The summed E-state index contributed by atoms with van der Waals surface area (Å²) in [4.78, 5) is 13.9. The molecule has 0 spiro atoms. The first-order valence-electron chi connectivity index (χ1n) is 6.18. The van der Waals surface area contributed by atoms with Gasteiger partial charge in [-0.15, -0.1) is 0 Å². The highest BCUT2D eigenvalue weighted by molar-refractivity contribution is 5.77. The zero-order valence-electron chi connectivity index (χ0n) is 10.1. The Labute approximate surface area is 93.0 Å². The second kappa shape index (κ2) is 5.50. The van der Waals surface area contributed by atoms with Crippen molar-refractivity contribution in [3.05, 3.63) is 0 Å². The molecule has 1 saturated carbocycles. The van der Waals surface area contributed by atoms with Crippen LogP contribution in [0.4, 0.5) is 0 Å². The molecule has 0 bridgehead atoms. The largest absolute Gasteiger partial charge is 0.343 e. The topological polar surface area (TPSA) is 46.3 Å². The predicted molar refractivity (Wildman–Crippen MR) is 62.5 cm³/mol. The van der Waals surface area contributed by atoms with Crippen LogP contribution >= 0.6 is 0 Å². The van der Waals surface area contributed by atoms with E-state index in [0.717, 1.165) is 38.8 Å². The minimum Gasteiger partial charge on any atom is -0.343 e. The molecule has 1 fully saturated rings. The average molecular weight is 212 g/mol. The lowest BCUT2D eigenvalue weighted by Gasteiger charge is -2.38. The summed E-state index contributed by atoms with van der Waals surface area (Å²) in [5.74, 6) is 0.244. The van der Waals surface area contributed by atoms with Gasteiger partial charge in [0.1, 0.15) is 0 Å². The highest BCUT2D eigenvalue weighted by Gasteiger charge is 2.35. The van der Waals surface area contributed by atoms with Crippen LogP contribution in [-0.2, 0) is 4.79 Å². The van der Waals surface area contributed by atoms with Gasteiger partial charge in [0.25, 0.3) is 0 Å². The van der Waals surface area contributed by atoms with Gasteiger partial charge in [0.2, 0.25) is 5.91 Å². The number of hydrogen-bond donors (Lipinski definition) is 1. The Morgan fingerprint density at radius 3 is 2.47 bits per heavy atom. The van der Waals surface area contributed by atoms with Crippen molar-refractivity contribution < 1.29 is 4.79 Å². The van der Waals surface area contributed by atoms with E-state index < -0.39 is 0 Å². The van der Waals surface area contributed by atoms with Crippen molar-refractivity contribution in [1.82, 2.24) is 4.90 Å². The van der Waals surface area contributed by atoms with Crippen molar-refractivity contribution >= 4 is 5.91 Å². The molecule has 88 valence electrons. The van der Waals surface area contributed by atoms with Crippen LogP contribution in [0.15, 0.2) is 0 Å². The first kappa shape index (κ1) is 12.5. The minimum atomic E-state index is -0.170. The number of amides is 1. The van der Waals surface area contributed by atoms with Crippen molar-refractivity contribution in [3.8, 4) is 0 Å². The Morgan fingerprint density at radius 1 is 1.40 bits per heavy atom. The quantitative estimate of drug-likeness (QED) is 0.731. The van der Waals surface area contributed by atoms with Gasteiger partial charge >= 0.3 is 0 Å². The van der Waals surface area contributed by atoms with Crippen molar-refractivity contribution in [3.63, 3.8) is 0 Å². The van der Waals surface area contributed by atoms with Gasteiger partial charge in [0.05, 0.1) is 0 Å². The lowest BCUT2D eigenvalue weighted by molar-refractivity contribution is -0.133. The number of nitrogens with zero attached hydrogens (tertiary/aromatic N) is 1. The number of nitrogens with two attached hydrogens (primary N) is 1. The molecule has 15 heavy (non-hydrogen) atoms. The monoisotopic (exact) mass is 212 g/mol. The Hall–Kier alpha value is -0.570. The Morgan fingerprint density at radius 2 is 2.07 bits per heavy atom. The van der Waals surface area contributed by atoms with Crippen LogP contribution in [0.3, 0.4) is 0 Å². The molecule has 1 aliphatic carbocycles. The second-order valence-corrected chi connectivity index (χ2v) is 4.72. The summed E-state index contributed by atoms with van der Waals surface area (Å²) in [7, 11) is 0.